The van der Waals surface area contributed by atoms with Crippen LogP contribution in [0.5, 0.6) is 0 Å². The van der Waals surface area contributed by atoms with Crippen molar-refractivity contribution in [3.63, 3.8) is 0 Å². The van der Waals surface area contributed by atoms with Crippen LogP contribution in [-0.2, 0) is 10.2 Å². The molecule has 132 valence electrons. The summed E-state index contributed by atoms with van der Waals surface area (Å²) in [6, 6.07) is 4.30. The van der Waals surface area contributed by atoms with E-state index < -0.39 is 0 Å². The van der Waals surface area contributed by atoms with E-state index in [1.165, 1.54) is 17.7 Å². The summed E-state index contributed by atoms with van der Waals surface area (Å²) in [5.41, 5.74) is 0.0745. The SMILES string of the molecule is CCNC(=NCC(C)(C)c1cccs1)NCCC1CCCO1.I. The summed E-state index contributed by atoms with van der Waals surface area (Å²) in [5.74, 6) is 0.908. The zero-order valence-corrected chi connectivity index (χ0v) is 17.6. The predicted molar refractivity (Wildman–Crippen MR) is 110 cm³/mol. The number of rotatable bonds is 7. The standard InChI is InChI=1S/C17H29N3OS.HI/c1-4-18-16(19-10-9-14-7-5-11-21-14)20-13-17(2,3)15-8-6-12-22-15;/h6,8,12,14H,4-5,7,9-11,13H2,1-3H3,(H2,18,19,20);1H. The van der Waals surface area contributed by atoms with Crippen molar-refractivity contribution in [2.45, 2.75) is 51.6 Å². The van der Waals surface area contributed by atoms with Gasteiger partial charge in [-0.25, -0.2) is 0 Å². The van der Waals surface area contributed by atoms with E-state index in [2.05, 4.69) is 48.9 Å². The van der Waals surface area contributed by atoms with E-state index in [4.69, 9.17) is 9.73 Å². The molecule has 1 fully saturated rings. The van der Waals surface area contributed by atoms with Crippen LogP contribution in [0.4, 0.5) is 0 Å². The van der Waals surface area contributed by atoms with Crippen LogP contribution in [0.1, 0.15) is 44.9 Å². The first-order valence-electron chi connectivity index (χ1n) is 8.29. The van der Waals surface area contributed by atoms with Crippen LogP contribution in [0, 0.1) is 0 Å². The van der Waals surface area contributed by atoms with Gasteiger partial charge in [-0.1, -0.05) is 19.9 Å². The molecule has 0 spiro atoms. The molecule has 0 radical (unpaired) electrons. The number of nitrogens with zero attached hydrogens (tertiary/aromatic N) is 1. The summed E-state index contributed by atoms with van der Waals surface area (Å²) in [5, 5.41) is 8.89. The van der Waals surface area contributed by atoms with Gasteiger partial charge in [0.05, 0.1) is 12.6 Å². The first-order valence-corrected chi connectivity index (χ1v) is 9.17. The summed E-state index contributed by atoms with van der Waals surface area (Å²) >= 11 is 1.80. The lowest BCUT2D eigenvalue weighted by molar-refractivity contribution is 0.105. The topological polar surface area (TPSA) is 45.7 Å². The molecule has 1 atom stereocenters. The summed E-state index contributed by atoms with van der Waals surface area (Å²) in [7, 11) is 0. The van der Waals surface area contributed by atoms with Gasteiger partial charge in [0, 0.05) is 30.0 Å². The maximum Gasteiger partial charge on any atom is 0.191 e. The summed E-state index contributed by atoms with van der Waals surface area (Å²) in [4.78, 5) is 6.15. The number of hydrogen-bond donors (Lipinski definition) is 2. The van der Waals surface area contributed by atoms with Crippen LogP contribution < -0.4 is 10.6 Å². The molecule has 1 aromatic heterocycles. The number of halogens is 1. The van der Waals surface area contributed by atoms with Gasteiger partial charge < -0.3 is 15.4 Å². The Bertz CT molecular complexity index is 456. The fourth-order valence-corrected chi connectivity index (χ4v) is 3.43. The number of aliphatic imine (C=N–C) groups is 1. The van der Waals surface area contributed by atoms with Gasteiger partial charge >= 0.3 is 0 Å². The van der Waals surface area contributed by atoms with Gasteiger partial charge in [-0.05, 0) is 37.6 Å². The highest BCUT2D eigenvalue weighted by Crippen LogP contribution is 2.27. The Balaban J connectivity index is 0.00000264. The van der Waals surface area contributed by atoms with Crippen molar-refractivity contribution in [3.05, 3.63) is 22.4 Å². The number of ether oxygens (including phenoxy) is 1. The van der Waals surface area contributed by atoms with Gasteiger partial charge in [-0.15, -0.1) is 35.3 Å². The number of hydrogen-bond acceptors (Lipinski definition) is 3. The third-order valence-corrected chi connectivity index (χ3v) is 5.18. The van der Waals surface area contributed by atoms with E-state index in [-0.39, 0.29) is 29.4 Å². The summed E-state index contributed by atoms with van der Waals surface area (Å²) < 4.78 is 5.66. The van der Waals surface area contributed by atoms with Crippen LogP contribution in [0.15, 0.2) is 22.5 Å². The Morgan fingerprint density at radius 1 is 1.43 bits per heavy atom. The van der Waals surface area contributed by atoms with E-state index in [0.717, 1.165) is 38.6 Å². The Labute approximate surface area is 161 Å². The first-order chi connectivity index (χ1) is 10.6. The Kier molecular flexibility index (Phi) is 9.46. The van der Waals surface area contributed by atoms with Crippen LogP contribution in [0.25, 0.3) is 0 Å². The van der Waals surface area contributed by atoms with Crippen molar-refractivity contribution in [2.75, 3.05) is 26.2 Å². The molecule has 4 nitrogen and oxygen atoms in total. The second-order valence-corrected chi connectivity index (χ2v) is 7.35. The van der Waals surface area contributed by atoms with E-state index in [1.807, 2.05) is 0 Å². The van der Waals surface area contributed by atoms with Crippen LogP contribution in [0.3, 0.4) is 0 Å². The Morgan fingerprint density at radius 3 is 2.87 bits per heavy atom. The normalized spacial score (nSPS) is 18.6. The molecule has 1 aliphatic heterocycles. The molecule has 23 heavy (non-hydrogen) atoms. The van der Waals surface area contributed by atoms with Crippen molar-refractivity contribution < 1.29 is 4.74 Å². The number of thiophene rings is 1. The summed E-state index contributed by atoms with van der Waals surface area (Å²) in [6.45, 7) is 10.1. The molecule has 0 amide bonds. The Hall–Kier alpha value is -0.340. The molecule has 1 unspecified atom stereocenters. The highest BCUT2D eigenvalue weighted by molar-refractivity contribution is 14.0. The van der Waals surface area contributed by atoms with Gasteiger partial charge in [0.25, 0.3) is 0 Å². The quantitative estimate of drug-likeness (QED) is 0.377. The zero-order chi connectivity index (χ0) is 15.8. The van der Waals surface area contributed by atoms with Gasteiger partial charge in [-0.3, -0.25) is 4.99 Å². The molecule has 0 bridgehead atoms. The van der Waals surface area contributed by atoms with E-state index >= 15 is 0 Å². The molecule has 6 heteroatoms. The number of guanidine groups is 1. The molecule has 0 saturated carbocycles. The molecule has 1 saturated heterocycles. The maximum atomic E-state index is 5.66. The average molecular weight is 451 g/mol. The zero-order valence-electron chi connectivity index (χ0n) is 14.4. The minimum absolute atomic E-state index is 0. The molecule has 2 heterocycles. The lowest BCUT2D eigenvalue weighted by Gasteiger charge is -2.22. The fraction of sp³-hybridized carbons (Fsp3) is 0.706. The van der Waals surface area contributed by atoms with E-state index in [0.29, 0.717) is 6.10 Å². The highest BCUT2D eigenvalue weighted by atomic mass is 127. The molecule has 1 aliphatic rings. The van der Waals surface area contributed by atoms with Gasteiger partial charge in [0.1, 0.15) is 0 Å². The number of nitrogens with one attached hydrogen (secondary N) is 2. The second-order valence-electron chi connectivity index (χ2n) is 6.41. The molecule has 1 aromatic rings. The van der Waals surface area contributed by atoms with Crippen molar-refractivity contribution in [2.24, 2.45) is 4.99 Å². The molecule has 0 aliphatic carbocycles. The average Bonchev–Trinajstić information content (AvgIpc) is 3.18. The van der Waals surface area contributed by atoms with E-state index in [9.17, 15) is 0 Å². The van der Waals surface area contributed by atoms with Crippen LogP contribution in [-0.4, -0.2) is 38.3 Å². The van der Waals surface area contributed by atoms with Crippen molar-refractivity contribution in [3.8, 4) is 0 Å². The Morgan fingerprint density at radius 2 is 2.26 bits per heavy atom. The molecular weight excluding hydrogens is 421 g/mol. The van der Waals surface area contributed by atoms with Crippen LogP contribution >= 0.6 is 35.3 Å². The molecule has 2 rings (SSSR count). The van der Waals surface area contributed by atoms with Crippen LogP contribution in [0.2, 0.25) is 0 Å². The predicted octanol–water partition coefficient (Wildman–Crippen LogP) is 3.77. The van der Waals surface area contributed by atoms with Gasteiger partial charge in [-0.2, -0.15) is 0 Å². The third kappa shape index (κ3) is 6.97. The second kappa shape index (κ2) is 10.5. The third-order valence-electron chi connectivity index (χ3n) is 3.95. The van der Waals surface area contributed by atoms with Crippen molar-refractivity contribution in [1.29, 1.82) is 0 Å². The maximum absolute atomic E-state index is 5.66. The minimum Gasteiger partial charge on any atom is -0.378 e. The molecule has 2 N–H and O–H groups in total. The monoisotopic (exact) mass is 451 g/mol. The summed E-state index contributed by atoms with van der Waals surface area (Å²) in [6.07, 6.45) is 3.88. The lowest BCUT2D eigenvalue weighted by Crippen LogP contribution is -2.39. The molecule has 0 aromatic carbocycles. The fourth-order valence-electron chi connectivity index (χ4n) is 2.58. The molecular formula is C17H30IN3OS. The first kappa shape index (κ1) is 20.7. The minimum atomic E-state index is 0. The largest absolute Gasteiger partial charge is 0.378 e. The van der Waals surface area contributed by atoms with E-state index in [1.54, 1.807) is 11.3 Å². The van der Waals surface area contributed by atoms with Crippen molar-refractivity contribution >= 4 is 41.3 Å². The van der Waals surface area contributed by atoms with Gasteiger partial charge in [0.15, 0.2) is 5.96 Å². The van der Waals surface area contributed by atoms with Gasteiger partial charge in [0.2, 0.25) is 0 Å². The highest BCUT2D eigenvalue weighted by Gasteiger charge is 2.21. The smallest absolute Gasteiger partial charge is 0.191 e. The van der Waals surface area contributed by atoms with Crippen molar-refractivity contribution in [1.82, 2.24) is 10.6 Å². The lowest BCUT2D eigenvalue weighted by atomic mass is 9.92.